The van der Waals surface area contributed by atoms with E-state index in [0.717, 1.165) is 16.5 Å². The van der Waals surface area contributed by atoms with E-state index in [1.807, 2.05) is 42.5 Å². The molecular formula is C22H18F2N2O3. The molecule has 1 fully saturated rings. The van der Waals surface area contributed by atoms with Crippen LogP contribution in [0.1, 0.15) is 6.42 Å². The van der Waals surface area contributed by atoms with Gasteiger partial charge in [-0.2, -0.15) is 8.78 Å². The Morgan fingerprint density at radius 1 is 1.03 bits per heavy atom. The van der Waals surface area contributed by atoms with Gasteiger partial charge in [-0.05, 0) is 35.7 Å². The molecule has 0 aromatic heterocycles. The Morgan fingerprint density at radius 2 is 1.76 bits per heavy atom. The summed E-state index contributed by atoms with van der Waals surface area (Å²) in [6.07, 6.45) is 0.113. The summed E-state index contributed by atoms with van der Waals surface area (Å²) in [6.45, 7) is -2.62. The second-order valence-electron chi connectivity index (χ2n) is 6.80. The SMILES string of the molecule is O=C(Nc1ccc(OC(F)F)cc1)C1CC(=O)N(c2cccc3ccccc23)C1. The van der Waals surface area contributed by atoms with Gasteiger partial charge in [0.15, 0.2) is 0 Å². The smallest absolute Gasteiger partial charge is 0.387 e. The highest BCUT2D eigenvalue weighted by Gasteiger charge is 2.35. The molecule has 0 bridgehead atoms. The van der Waals surface area contributed by atoms with Gasteiger partial charge in [0.1, 0.15) is 5.75 Å². The molecule has 0 spiro atoms. The molecule has 7 heteroatoms. The van der Waals surface area contributed by atoms with Crippen LogP contribution in [0.4, 0.5) is 20.2 Å². The number of nitrogens with zero attached hydrogens (tertiary/aromatic N) is 1. The highest BCUT2D eigenvalue weighted by atomic mass is 19.3. The summed E-state index contributed by atoms with van der Waals surface area (Å²) in [7, 11) is 0. The average molecular weight is 396 g/mol. The van der Waals surface area contributed by atoms with Gasteiger partial charge in [-0.15, -0.1) is 0 Å². The topological polar surface area (TPSA) is 58.6 Å². The monoisotopic (exact) mass is 396 g/mol. The first-order chi connectivity index (χ1) is 14.0. The highest BCUT2D eigenvalue weighted by molar-refractivity contribution is 6.08. The molecule has 0 saturated carbocycles. The molecule has 1 atom stereocenters. The number of amides is 2. The van der Waals surface area contributed by atoms with Gasteiger partial charge in [-0.3, -0.25) is 9.59 Å². The summed E-state index contributed by atoms with van der Waals surface area (Å²) in [5.74, 6) is -0.888. The second kappa shape index (κ2) is 7.87. The number of nitrogens with one attached hydrogen (secondary N) is 1. The first kappa shape index (κ1) is 18.9. The van der Waals surface area contributed by atoms with Gasteiger partial charge in [0.05, 0.1) is 11.6 Å². The second-order valence-corrected chi connectivity index (χ2v) is 6.80. The zero-order chi connectivity index (χ0) is 20.4. The molecule has 148 valence electrons. The summed E-state index contributed by atoms with van der Waals surface area (Å²) < 4.78 is 28.7. The Bertz CT molecular complexity index is 1050. The van der Waals surface area contributed by atoms with Crippen molar-refractivity contribution in [2.45, 2.75) is 13.0 Å². The van der Waals surface area contributed by atoms with E-state index in [2.05, 4.69) is 10.1 Å². The molecule has 4 rings (SSSR count). The molecule has 3 aromatic rings. The number of carbonyl (C=O) groups excluding carboxylic acids is 2. The van der Waals surface area contributed by atoms with Crippen LogP contribution in [0.15, 0.2) is 66.7 Å². The van der Waals surface area contributed by atoms with E-state index in [-0.39, 0.29) is 30.5 Å². The van der Waals surface area contributed by atoms with Crippen LogP contribution in [0.5, 0.6) is 5.75 Å². The van der Waals surface area contributed by atoms with Gasteiger partial charge in [0.2, 0.25) is 11.8 Å². The zero-order valence-corrected chi connectivity index (χ0v) is 15.3. The van der Waals surface area contributed by atoms with Gasteiger partial charge in [-0.1, -0.05) is 36.4 Å². The molecule has 1 unspecified atom stereocenters. The minimum atomic E-state index is -2.90. The Hall–Kier alpha value is -3.48. The van der Waals surface area contributed by atoms with Crippen LogP contribution < -0.4 is 15.0 Å². The summed E-state index contributed by atoms with van der Waals surface area (Å²) in [5, 5.41) is 4.72. The molecule has 5 nitrogen and oxygen atoms in total. The van der Waals surface area contributed by atoms with E-state index in [1.165, 1.54) is 24.3 Å². The fourth-order valence-electron chi connectivity index (χ4n) is 3.52. The minimum Gasteiger partial charge on any atom is -0.435 e. The maximum atomic E-state index is 12.6. The quantitative estimate of drug-likeness (QED) is 0.694. The summed E-state index contributed by atoms with van der Waals surface area (Å²) in [6, 6.07) is 19.2. The van der Waals surface area contributed by atoms with Gasteiger partial charge in [0, 0.05) is 24.0 Å². The van der Waals surface area contributed by atoms with Gasteiger partial charge < -0.3 is 15.0 Å². The van der Waals surface area contributed by atoms with E-state index in [9.17, 15) is 18.4 Å². The van der Waals surface area contributed by atoms with Crippen molar-refractivity contribution in [1.29, 1.82) is 0 Å². The van der Waals surface area contributed by atoms with Gasteiger partial charge >= 0.3 is 6.61 Å². The number of rotatable bonds is 5. The summed E-state index contributed by atoms with van der Waals surface area (Å²) in [4.78, 5) is 26.9. The third kappa shape index (κ3) is 4.03. The molecule has 1 N–H and O–H groups in total. The molecule has 1 saturated heterocycles. The van der Waals surface area contributed by atoms with Gasteiger partial charge in [0.25, 0.3) is 0 Å². The van der Waals surface area contributed by atoms with E-state index in [0.29, 0.717) is 5.69 Å². The number of benzene rings is 3. The molecule has 2 amide bonds. The fraction of sp³-hybridized carbons (Fsp3) is 0.182. The van der Waals surface area contributed by atoms with Gasteiger partial charge in [-0.25, -0.2) is 0 Å². The zero-order valence-electron chi connectivity index (χ0n) is 15.3. The van der Waals surface area contributed by atoms with Crippen LogP contribution >= 0.6 is 0 Å². The molecular weight excluding hydrogens is 378 g/mol. The van der Waals surface area contributed by atoms with Crippen molar-refractivity contribution >= 4 is 34.0 Å². The van der Waals surface area contributed by atoms with Crippen LogP contribution in [0.2, 0.25) is 0 Å². The normalized spacial score (nSPS) is 16.4. The minimum absolute atomic E-state index is 0.0103. The fourth-order valence-corrected chi connectivity index (χ4v) is 3.52. The first-order valence-electron chi connectivity index (χ1n) is 9.15. The molecule has 0 aliphatic carbocycles. The number of ether oxygens (including phenoxy) is 1. The van der Waals surface area contributed by atoms with Crippen LogP contribution in [-0.4, -0.2) is 25.0 Å². The Balaban J connectivity index is 1.47. The molecule has 1 aliphatic rings. The van der Waals surface area contributed by atoms with Crippen LogP contribution in [0.25, 0.3) is 10.8 Å². The molecule has 1 heterocycles. The number of alkyl halides is 2. The van der Waals surface area contributed by atoms with E-state index < -0.39 is 12.5 Å². The maximum Gasteiger partial charge on any atom is 0.387 e. The van der Waals surface area contributed by atoms with Crippen molar-refractivity contribution < 1.29 is 23.1 Å². The predicted molar refractivity (Wildman–Crippen MR) is 106 cm³/mol. The predicted octanol–water partition coefficient (Wildman–Crippen LogP) is 4.43. The third-order valence-corrected chi connectivity index (χ3v) is 4.90. The first-order valence-corrected chi connectivity index (χ1v) is 9.15. The van der Waals surface area contributed by atoms with Crippen LogP contribution in [0, 0.1) is 5.92 Å². The summed E-state index contributed by atoms with van der Waals surface area (Å²) >= 11 is 0. The van der Waals surface area contributed by atoms with E-state index in [1.54, 1.807) is 4.90 Å². The number of fused-ring (bicyclic) bond motifs is 1. The average Bonchev–Trinajstić information content (AvgIpc) is 3.10. The molecule has 3 aromatic carbocycles. The van der Waals surface area contributed by atoms with Crippen molar-refractivity contribution in [1.82, 2.24) is 0 Å². The van der Waals surface area contributed by atoms with Crippen molar-refractivity contribution in [2.24, 2.45) is 5.92 Å². The number of hydrogen-bond acceptors (Lipinski definition) is 3. The number of hydrogen-bond donors (Lipinski definition) is 1. The van der Waals surface area contributed by atoms with Crippen molar-refractivity contribution in [3.63, 3.8) is 0 Å². The molecule has 29 heavy (non-hydrogen) atoms. The number of carbonyl (C=O) groups is 2. The number of anilines is 2. The standard InChI is InChI=1S/C22H18F2N2O3/c23-22(24)29-17-10-8-16(9-11-17)25-21(28)15-12-20(27)26(13-15)19-7-3-5-14-4-1-2-6-18(14)19/h1-11,15,22H,12-13H2,(H,25,28). The van der Waals surface area contributed by atoms with Crippen molar-refractivity contribution in [3.8, 4) is 5.75 Å². The summed E-state index contributed by atoms with van der Waals surface area (Å²) in [5.41, 5.74) is 1.24. The lowest BCUT2D eigenvalue weighted by atomic mass is 10.1. The van der Waals surface area contributed by atoms with E-state index >= 15 is 0 Å². The lowest BCUT2D eigenvalue weighted by Gasteiger charge is -2.19. The Morgan fingerprint density at radius 3 is 2.52 bits per heavy atom. The lowest BCUT2D eigenvalue weighted by Crippen LogP contribution is -2.28. The Kier molecular flexibility index (Phi) is 5.12. The lowest BCUT2D eigenvalue weighted by molar-refractivity contribution is -0.122. The van der Waals surface area contributed by atoms with Crippen molar-refractivity contribution in [3.05, 3.63) is 66.7 Å². The van der Waals surface area contributed by atoms with Crippen LogP contribution in [0.3, 0.4) is 0 Å². The molecule has 0 radical (unpaired) electrons. The van der Waals surface area contributed by atoms with Crippen molar-refractivity contribution in [2.75, 3.05) is 16.8 Å². The molecule has 1 aliphatic heterocycles. The van der Waals surface area contributed by atoms with Crippen LogP contribution in [-0.2, 0) is 9.59 Å². The largest absolute Gasteiger partial charge is 0.435 e. The number of halogens is 2. The third-order valence-electron chi connectivity index (χ3n) is 4.90. The highest BCUT2D eigenvalue weighted by Crippen LogP contribution is 2.32. The Labute approximate surface area is 165 Å². The maximum absolute atomic E-state index is 12.6. The van der Waals surface area contributed by atoms with E-state index in [4.69, 9.17) is 0 Å².